The molecule has 2 aliphatic rings. The van der Waals surface area contributed by atoms with E-state index in [0.717, 1.165) is 0 Å². The van der Waals surface area contributed by atoms with Crippen molar-refractivity contribution in [1.29, 1.82) is 0 Å². The molecule has 4 N–H and O–H groups in total. The monoisotopic (exact) mass is 377 g/mol. The van der Waals surface area contributed by atoms with Crippen molar-refractivity contribution >= 4 is 23.4 Å². The predicted molar refractivity (Wildman–Crippen MR) is 95.4 cm³/mol. The Hall–Kier alpha value is -2.65. The number of nitrogens with one attached hydrogen (secondary N) is 2. The number of ether oxygens (including phenoxy) is 1. The number of aliphatic hydroxyl groups is 2. The maximum atomic E-state index is 12.6. The topological polar surface area (TPSA) is 128 Å². The van der Waals surface area contributed by atoms with Crippen LogP contribution in [-0.4, -0.2) is 66.9 Å². The van der Waals surface area contributed by atoms with Gasteiger partial charge in [-0.2, -0.15) is 0 Å². The standard InChI is InChI=1S/C18H23N3O6/c1-21-13-7-10(2-3-15(13)27-9-16(21)24)18(26)20-12-6-11(8-14(12)23)17(25)19-4-5-22/h2-3,7,11-12,14,22-23H,4-6,8-9H2,1H3,(H,19,25)(H,20,26)/t11-,12+,14+/m0/s1. The fourth-order valence-corrected chi connectivity index (χ4v) is 3.37. The van der Waals surface area contributed by atoms with Crippen LogP contribution in [0.25, 0.3) is 0 Å². The van der Waals surface area contributed by atoms with Crippen molar-refractivity contribution in [3.8, 4) is 5.75 Å². The number of benzene rings is 1. The number of nitrogens with zero attached hydrogens (tertiary/aromatic N) is 1. The van der Waals surface area contributed by atoms with Crippen LogP contribution in [0.5, 0.6) is 5.75 Å². The first-order chi connectivity index (χ1) is 12.9. The molecular weight excluding hydrogens is 354 g/mol. The highest BCUT2D eigenvalue weighted by molar-refractivity contribution is 6.01. The van der Waals surface area contributed by atoms with Gasteiger partial charge in [-0.05, 0) is 31.0 Å². The highest BCUT2D eigenvalue weighted by Gasteiger charge is 2.37. The lowest BCUT2D eigenvalue weighted by Gasteiger charge is -2.26. The fourth-order valence-electron chi connectivity index (χ4n) is 3.37. The van der Waals surface area contributed by atoms with Gasteiger partial charge >= 0.3 is 0 Å². The van der Waals surface area contributed by atoms with E-state index in [4.69, 9.17) is 9.84 Å². The second-order valence-electron chi connectivity index (χ2n) is 6.75. The molecule has 1 heterocycles. The first-order valence-corrected chi connectivity index (χ1v) is 8.81. The van der Waals surface area contributed by atoms with Crippen molar-refractivity contribution in [3.63, 3.8) is 0 Å². The van der Waals surface area contributed by atoms with Crippen molar-refractivity contribution < 1.29 is 29.3 Å². The van der Waals surface area contributed by atoms with Gasteiger partial charge in [0.2, 0.25) is 5.91 Å². The largest absolute Gasteiger partial charge is 0.482 e. The fraction of sp³-hybridized carbons (Fsp3) is 0.500. The van der Waals surface area contributed by atoms with Crippen LogP contribution >= 0.6 is 0 Å². The van der Waals surface area contributed by atoms with Gasteiger partial charge in [0.15, 0.2) is 6.61 Å². The minimum Gasteiger partial charge on any atom is -0.482 e. The number of aliphatic hydroxyl groups excluding tert-OH is 2. The Labute approximate surface area is 156 Å². The van der Waals surface area contributed by atoms with E-state index in [2.05, 4.69) is 10.6 Å². The summed E-state index contributed by atoms with van der Waals surface area (Å²) in [6.07, 6.45) is -0.266. The van der Waals surface area contributed by atoms with E-state index in [1.807, 2.05) is 0 Å². The van der Waals surface area contributed by atoms with Gasteiger partial charge in [-0.3, -0.25) is 14.4 Å². The van der Waals surface area contributed by atoms with E-state index in [-0.39, 0.29) is 38.0 Å². The van der Waals surface area contributed by atoms with Crippen molar-refractivity contribution in [1.82, 2.24) is 10.6 Å². The van der Waals surface area contributed by atoms with Crippen LogP contribution in [-0.2, 0) is 9.59 Å². The molecule has 1 saturated carbocycles. The second-order valence-corrected chi connectivity index (χ2v) is 6.75. The van der Waals surface area contributed by atoms with Crippen LogP contribution in [0.4, 0.5) is 5.69 Å². The van der Waals surface area contributed by atoms with Crippen LogP contribution in [0.2, 0.25) is 0 Å². The van der Waals surface area contributed by atoms with E-state index in [1.54, 1.807) is 25.2 Å². The molecule has 9 nitrogen and oxygen atoms in total. The summed E-state index contributed by atoms with van der Waals surface area (Å²) in [6.45, 7) is -0.0326. The second kappa shape index (κ2) is 7.93. The van der Waals surface area contributed by atoms with Crippen LogP contribution in [0.3, 0.4) is 0 Å². The summed E-state index contributed by atoms with van der Waals surface area (Å²) in [5, 5.41) is 24.3. The number of hydrogen-bond donors (Lipinski definition) is 4. The Morgan fingerprint density at radius 1 is 1.33 bits per heavy atom. The number of amides is 3. The average Bonchev–Trinajstić information content (AvgIpc) is 3.03. The molecule has 0 radical (unpaired) electrons. The molecule has 9 heteroatoms. The van der Waals surface area contributed by atoms with Gasteiger partial charge in [0.25, 0.3) is 11.8 Å². The molecular formula is C18H23N3O6. The molecule has 0 saturated heterocycles. The average molecular weight is 377 g/mol. The van der Waals surface area contributed by atoms with Gasteiger partial charge in [-0.15, -0.1) is 0 Å². The Morgan fingerprint density at radius 3 is 2.85 bits per heavy atom. The number of rotatable bonds is 5. The molecule has 3 amide bonds. The zero-order valence-electron chi connectivity index (χ0n) is 15.0. The molecule has 1 fully saturated rings. The summed E-state index contributed by atoms with van der Waals surface area (Å²) in [4.78, 5) is 37.7. The molecule has 1 aliphatic carbocycles. The number of carbonyl (C=O) groups is 3. The van der Waals surface area contributed by atoms with Crippen LogP contribution in [0, 0.1) is 5.92 Å². The number of anilines is 1. The third-order valence-corrected chi connectivity index (χ3v) is 4.93. The molecule has 0 spiro atoms. The van der Waals surface area contributed by atoms with Gasteiger partial charge < -0.3 is 30.5 Å². The lowest BCUT2D eigenvalue weighted by atomic mass is 10.1. The first-order valence-electron chi connectivity index (χ1n) is 8.81. The molecule has 1 aromatic carbocycles. The van der Waals surface area contributed by atoms with Gasteiger partial charge in [-0.1, -0.05) is 0 Å². The highest BCUT2D eigenvalue weighted by atomic mass is 16.5. The zero-order valence-corrected chi connectivity index (χ0v) is 15.0. The molecule has 3 atom stereocenters. The summed E-state index contributed by atoms with van der Waals surface area (Å²) >= 11 is 0. The highest BCUT2D eigenvalue weighted by Crippen LogP contribution is 2.32. The molecule has 0 aromatic heterocycles. The van der Waals surface area contributed by atoms with Gasteiger partial charge in [0, 0.05) is 25.1 Å². The van der Waals surface area contributed by atoms with Gasteiger partial charge in [0.1, 0.15) is 5.75 Å². The third-order valence-electron chi connectivity index (χ3n) is 4.93. The Kier molecular flexibility index (Phi) is 5.62. The third kappa shape index (κ3) is 4.04. The van der Waals surface area contributed by atoms with Crippen molar-refractivity contribution in [2.24, 2.45) is 5.92 Å². The van der Waals surface area contributed by atoms with Crippen LogP contribution in [0.1, 0.15) is 23.2 Å². The SMILES string of the molecule is CN1C(=O)COc2ccc(C(=O)N[C@@H]3C[C@H](C(=O)NCCO)C[C@H]3O)cc21. The first kappa shape index (κ1) is 19.1. The lowest BCUT2D eigenvalue weighted by molar-refractivity contribution is -0.125. The summed E-state index contributed by atoms with van der Waals surface area (Å²) in [7, 11) is 1.61. The van der Waals surface area contributed by atoms with Gasteiger partial charge in [0.05, 0.1) is 24.4 Å². The van der Waals surface area contributed by atoms with Crippen molar-refractivity contribution in [2.45, 2.75) is 25.0 Å². The number of carbonyl (C=O) groups excluding carboxylic acids is 3. The Bertz CT molecular complexity index is 753. The van der Waals surface area contributed by atoms with E-state index in [9.17, 15) is 19.5 Å². The predicted octanol–water partition coefficient (Wildman–Crippen LogP) is -0.980. The lowest BCUT2D eigenvalue weighted by Crippen LogP contribution is -2.40. The molecule has 3 rings (SSSR count). The summed E-state index contributed by atoms with van der Waals surface area (Å²) < 4.78 is 5.34. The number of hydrogen-bond acceptors (Lipinski definition) is 6. The van der Waals surface area contributed by atoms with E-state index >= 15 is 0 Å². The summed E-state index contributed by atoms with van der Waals surface area (Å²) in [6, 6.07) is 4.23. The maximum Gasteiger partial charge on any atom is 0.264 e. The van der Waals surface area contributed by atoms with E-state index in [1.165, 1.54) is 4.90 Å². The molecule has 146 valence electrons. The quantitative estimate of drug-likeness (QED) is 0.522. The molecule has 1 aliphatic heterocycles. The zero-order chi connectivity index (χ0) is 19.6. The van der Waals surface area contributed by atoms with Crippen LogP contribution < -0.4 is 20.3 Å². The van der Waals surface area contributed by atoms with E-state index < -0.39 is 24.0 Å². The number of fused-ring (bicyclic) bond motifs is 1. The van der Waals surface area contributed by atoms with Crippen molar-refractivity contribution in [3.05, 3.63) is 23.8 Å². The Morgan fingerprint density at radius 2 is 2.11 bits per heavy atom. The van der Waals surface area contributed by atoms with Crippen molar-refractivity contribution in [2.75, 3.05) is 31.7 Å². The molecule has 27 heavy (non-hydrogen) atoms. The maximum absolute atomic E-state index is 12.6. The normalized spacial score (nSPS) is 24.2. The minimum absolute atomic E-state index is 0.0386. The molecule has 0 unspecified atom stereocenters. The number of likely N-dealkylation sites (N-methyl/N-ethyl adjacent to an activating group) is 1. The van der Waals surface area contributed by atoms with Crippen LogP contribution in [0.15, 0.2) is 18.2 Å². The molecule has 0 bridgehead atoms. The summed E-state index contributed by atoms with van der Waals surface area (Å²) in [5.41, 5.74) is 0.839. The minimum atomic E-state index is -0.830. The summed E-state index contributed by atoms with van der Waals surface area (Å²) in [5.74, 6) is -0.744. The smallest absolute Gasteiger partial charge is 0.264 e. The molecule has 1 aromatic rings. The Balaban J connectivity index is 1.65. The van der Waals surface area contributed by atoms with E-state index in [0.29, 0.717) is 23.4 Å². The van der Waals surface area contributed by atoms with Gasteiger partial charge in [-0.25, -0.2) is 0 Å².